The van der Waals surface area contributed by atoms with Gasteiger partial charge >= 0.3 is 0 Å². The molecule has 0 unspecified atom stereocenters. The number of amides is 1. The van der Waals surface area contributed by atoms with Gasteiger partial charge in [0.25, 0.3) is 5.91 Å². The second-order valence-electron chi connectivity index (χ2n) is 8.30. The van der Waals surface area contributed by atoms with E-state index >= 15 is 0 Å². The highest BCUT2D eigenvalue weighted by molar-refractivity contribution is 8.00. The quantitative estimate of drug-likeness (QED) is 0.280. The van der Waals surface area contributed by atoms with E-state index in [2.05, 4.69) is 5.32 Å². The summed E-state index contributed by atoms with van der Waals surface area (Å²) in [5, 5.41) is 12.9. The molecule has 0 heterocycles. The van der Waals surface area contributed by atoms with Crippen LogP contribution in [-0.4, -0.2) is 16.3 Å². The number of carbonyl (C=O) groups is 1. The summed E-state index contributed by atoms with van der Waals surface area (Å²) in [6, 6.07) is 5.22. The molecule has 2 aromatic rings. The Kier molecular flexibility index (Phi) is 6.79. The lowest BCUT2D eigenvalue weighted by atomic mass is 9.81. The van der Waals surface area contributed by atoms with Gasteiger partial charge in [0.05, 0.1) is 5.76 Å². The molecule has 2 N–H and O–H groups in total. The molecule has 4 rings (SSSR count). The van der Waals surface area contributed by atoms with Gasteiger partial charge in [0, 0.05) is 39.4 Å². The van der Waals surface area contributed by atoms with Gasteiger partial charge in [-0.15, -0.1) is 11.8 Å². The number of benzene rings is 2. The van der Waals surface area contributed by atoms with Gasteiger partial charge in [-0.05, 0) is 62.3 Å². The van der Waals surface area contributed by atoms with Gasteiger partial charge in [-0.3, -0.25) is 4.79 Å². The molecule has 2 aliphatic rings. The average Bonchev–Trinajstić information content (AvgIpc) is 2.72. The van der Waals surface area contributed by atoms with Crippen molar-refractivity contribution in [1.29, 1.82) is 0 Å². The topological polar surface area (TPSA) is 49.3 Å². The van der Waals surface area contributed by atoms with Gasteiger partial charge in [0.15, 0.2) is 17.5 Å². The highest BCUT2D eigenvalue weighted by atomic mass is 32.2. The summed E-state index contributed by atoms with van der Waals surface area (Å²) in [7, 11) is 0. The van der Waals surface area contributed by atoms with Gasteiger partial charge < -0.3 is 10.4 Å². The van der Waals surface area contributed by atoms with Crippen LogP contribution in [0.1, 0.15) is 55.3 Å². The van der Waals surface area contributed by atoms with Crippen LogP contribution in [0.25, 0.3) is 0 Å². The molecule has 170 valence electrons. The molecule has 2 aliphatic carbocycles. The van der Waals surface area contributed by atoms with Gasteiger partial charge in [-0.25, -0.2) is 17.6 Å². The predicted molar refractivity (Wildman–Crippen MR) is 116 cm³/mol. The second-order valence-corrected chi connectivity index (χ2v) is 9.64. The lowest BCUT2D eigenvalue weighted by Crippen LogP contribution is -2.21. The van der Waals surface area contributed by atoms with E-state index in [9.17, 15) is 27.5 Å². The van der Waals surface area contributed by atoms with Gasteiger partial charge in [0.2, 0.25) is 0 Å². The van der Waals surface area contributed by atoms with Crippen LogP contribution in [0.4, 0.5) is 23.2 Å². The zero-order chi connectivity index (χ0) is 22.8. The summed E-state index contributed by atoms with van der Waals surface area (Å²) in [4.78, 5) is 12.8. The van der Waals surface area contributed by atoms with Crippen LogP contribution in [0.3, 0.4) is 0 Å². The van der Waals surface area contributed by atoms with Crippen molar-refractivity contribution < 1.29 is 27.5 Å². The third-order valence-corrected chi connectivity index (χ3v) is 7.39. The molecule has 0 bridgehead atoms. The number of nitrogens with one attached hydrogen (secondary N) is 1. The zero-order valence-corrected chi connectivity index (χ0v) is 18.1. The van der Waals surface area contributed by atoms with Crippen molar-refractivity contribution in [3.63, 3.8) is 0 Å². The number of carbonyl (C=O) groups excluding carboxylic acids is 1. The molecule has 0 radical (unpaired) electrons. The van der Waals surface area contributed by atoms with Crippen molar-refractivity contribution in [1.82, 2.24) is 0 Å². The number of aliphatic hydroxyl groups excluding tert-OH is 1. The monoisotopic (exact) mass is 465 g/mol. The Morgan fingerprint density at radius 3 is 2.34 bits per heavy atom. The molecule has 3 nitrogen and oxygen atoms in total. The molecule has 0 spiro atoms. The Morgan fingerprint density at radius 2 is 1.69 bits per heavy atom. The van der Waals surface area contributed by atoms with Crippen LogP contribution in [0.2, 0.25) is 0 Å². The molecule has 0 saturated heterocycles. The molecular weight excluding hydrogens is 442 g/mol. The minimum Gasteiger partial charge on any atom is -0.512 e. The Balaban J connectivity index is 1.46. The van der Waals surface area contributed by atoms with E-state index in [4.69, 9.17) is 0 Å². The van der Waals surface area contributed by atoms with E-state index in [-0.39, 0.29) is 22.4 Å². The van der Waals surface area contributed by atoms with Crippen LogP contribution in [-0.2, 0) is 0 Å². The van der Waals surface area contributed by atoms with Crippen molar-refractivity contribution in [2.45, 2.75) is 55.1 Å². The van der Waals surface area contributed by atoms with E-state index in [1.807, 2.05) is 0 Å². The van der Waals surface area contributed by atoms with Crippen molar-refractivity contribution >= 4 is 23.4 Å². The Hall–Kier alpha value is -2.48. The number of hydrogen-bond acceptors (Lipinski definition) is 3. The SMILES string of the molecule is O=C(Nc1cc(F)c(F)c(F)c1)c1ccc(F)c(S[C@H]2CCC[C@@H](C(O)=C3CCC3)C2)c1. The van der Waals surface area contributed by atoms with E-state index in [0.29, 0.717) is 22.8 Å². The number of rotatable bonds is 5. The predicted octanol–water partition coefficient (Wildman–Crippen LogP) is 7.14. The van der Waals surface area contributed by atoms with Gasteiger partial charge in [0.1, 0.15) is 5.82 Å². The normalized spacial score (nSPS) is 20.6. The van der Waals surface area contributed by atoms with E-state index < -0.39 is 29.2 Å². The summed E-state index contributed by atoms with van der Waals surface area (Å²) in [6.07, 6.45) is 6.49. The summed E-state index contributed by atoms with van der Waals surface area (Å²) in [5.41, 5.74) is 1.02. The Labute approximate surface area is 187 Å². The van der Waals surface area contributed by atoms with Crippen molar-refractivity contribution in [3.8, 4) is 0 Å². The lowest BCUT2D eigenvalue weighted by Gasteiger charge is -2.31. The van der Waals surface area contributed by atoms with E-state index in [1.165, 1.54) is 30.0 Å². The number of hydrogen-bond donors (Lipinski definition) is 2. The number of aliphatic hydroxyl groups is 1. The maximum atomic E-state index is 14.5. The number of anilines is 1. The van der Waals surface area contributed by atoms with Crippen LogP contribution in [0, 0.1) is 29.2 Å². The van der Waals surface area contributed by atoms with Crippen molar-refractivity contribution in [2.24, 2.45) is 5.92 Å². The molecule has 1 amide bonds. The first kappa shape index (κ1) is 22.7. The van der Waals surface area contributed by atoms with Crippen LogP contribution >= 0.6 is 11.8 Å². The number of thioether (sulfide) groups is 1. The summed E-state index contributed by atoms with van der Waals surface area (Å²) >= 11 is 1.34. The summed E-state index contributed by atoms with van der Waals surface area (Å²) in [6.45, 7) is 0. The molecule has 0 aliphatic heterocycles. The summed E-state index contributed by atoms with van der Waals surface area (Å²) < 4.78 is 54.4. The second kappa shape index (κ2) is 9.57. The van der Waals surface area contributed by atoms with Crippen molar-refractivity contribution in [2.75, 3.05) is 5.32 Å². The molecule has 2 atom stereocenters. The Bertz CT molecular complexity index is 1040. The van der Waals surface area contributed by atoms with Crippen LogP contribution in [0.15, 0.2) is 46.6 Å². The summed E-state index contributed by atoms with van der Waals surface area (Å²) in [5.74, 6) is -5.00. The minimum atomic E-state index is -1.62. The third-order valence-electron chi connectivity index (χ3n) is 6.06. The van der Waals surface area contributed by atoms with Crippen LogP contribution in [0.5, 0.6) is 0 Å². The largest absolute Gasteiger partial charge is 0.512 e. The molecule has 2 aromatic carbocycles. The number of allylic oxidation sites excluding steroid dienone is 2. The minimum absolute atomic E-state index is 0.0920. The Morgan fingerprint density at radius 1 is 0.969 bits per heavy atom. The van der Waals surface area contributed by atoms with E-state index in [1.54, 1.807) is 0 Å². The molecule has 32 heavy (non-hydrogen) atoms. The highest BCUT2D eigenvalue weighted by Crippen LogP contribution is 2.42. The fraction of sp³-hybridized carbons (Fsp3) is 0.375. The smallest absolute Gasteiger partial charge is 0.255 e. The fourth-order valence-corrected chi connectivity index (χ4v) is 5.49. The maximum absolute atomic E-state index is 14.5. The van der Waals surface area contributed by atoms with Gasteiger partial charge in [-0.1, -0.05) is 6.42 Å². The van der Waals surface area contributed by atoms with Crippen molar-refractivity contribution in [3.05, 3.63) is 70.5 Å². The van der Waals surface area contributed by atoms with E-state index in [0.717, 1.165) is 50.5 Å². The molecule has 2 saturated carbocycles. The maximum Gasteiger partial charge on any atom is 0.255 e. The first-order chi connectivity index (χ1) is 15.3. The molecule has 2 fully saturated rings. The zero-order valence-electron chi connectivity index (χ0n) is 17.3. The first-order valence-corrected chi connectivity index (χ1v) is 11.5. The van der Waals surface area contributed by atoms with Crippen LogP contribution < -0.4 is 5.32 Å². The number of halogens is 4. The van der Waals surface area contributed by atoms with Gasteiger partial charge in [-0.2, -0.15) is 0 Å². The molecule has 0 aromatic heterocycles. The standard InChI is InChI=1S/C24H23F4NO2S/c25-18-8-7-15(24(31)29-16-11-19(26)22(28)20(27)12-16)10-21(18)32-17-6-2-5-14(9-17)23(30)13-3-1-4-13/h7-8,10-12,14,17,30H,1-6,9H2,(H,29,31)/t14-,17+/m1/s1. The average molecular weight is 466 g/mol. The first-order valence-electron chi connectivity index (χ1n) is 10.6. The molecule has 8 heteroatoms. The fourth-order valence-electron chi connectivity index (χ4n) is 4.14. The highest BCUT2D eigenvalue weighted by Gasteiger charge is 2.29. The third kappa shape index (κ3) is 4.95. The molecular formula is C24H23F4NO2S. The lowest BCUT2D eigenvalue weighted by molar-refractivity contribution is 0.102.